The number of hydrogen-bond acceptors (Lipinski definition) is 2. The summed E-state index contributed by atoms with van der Waals surface area (Å²) in [7, 11) is 0. The number of fused-ring (bicyclic) bond motifs is 3. The zero-order valence-corrected chi connectivity index (χ0v) is 6.81. The van der Waals surface area contributed by atoms with Gasteiger partial charge in [-0.1, -0.05) is 18.2 Å². The largest absolute Gasteiger partial charge is 0.236 e. The normalized spacial score (nSPS) is 11.1. The molecule has 0 aliphatic carbocycles. The summed E-state index contributed by atoms with van der Waals surface area (Å²) in [5, 5.41) is 5.15. The number of aromatic nitrogens is 3. The van der Waals surface area contributed by atoms with E-state index >= 15 is 0 Å². The van der Waals surface area contributed by atoms with Gasteiger partial charge < -0.3 is 0 Å². The highest BCUT2D eigenvalue weighted by Crippen LogP contribution is 2.15. The van der Waals surface area contributed by atoms with E-state index in [-0.39, 0.29) is 0 Å². The van der Waals surface area contributed by atoms with Crippen molar-refractivity contribution in [2.75, 3.05) is 0 Å². The van der Waals surface area contributed by atoms with Gasteiger partial charge >= 0.3 is 0 Å². The molecule has 2 aromatic heterocycles. The lowest BCUT2D eigenvalue weighted by Crippen LogP contribution is -1.89. The second-order valence-electron chi connectivity index (χ2n) is 2.84. The van der Waals surface area contributed by atoms with Crippen molar-refractivity contribution in [1.82, 2.24) is 14.6 Å². The van der Waals surface area contributed by atoms with Crippen LogP contribution in [-0.2, 0) is 0 Å². The maximum Gasteiger partial charge on any atom is 0.118 e. The van der Waals surface area contributed by atoms with E-state index in [1.165, 1.54) is 0 Å². The van der Waals surface area contributed by atoms with Gasteiger partial charge in [0.2, 0.25) is 0 Å². The van der Waals surface area contributed by atoms with E-state index in [1.54, 1.807) is 17.0 Å². The Hall–Kier alpha value is -1.90. The van der Waals surface area contributed by atoms with Crippen LogP contribution in [0.4, 0.5) is 0 Å². The highest BCUT2D eigenvalue weighted by molar-refractivity contribution is 5.92. The molecule has 1 radical (unpaired) electrons. The summed E-state index contributed by atoms with van der Waals surface area (Å²) in [6.45, 7) is 0. The van der Waals surface area contributed by atoms with Crippen molar-refractivity contribution in [2.45, 2.75) is 0 Å². The molecule has 61 valence electrons. The van der Waals surface area contributed by atoms with Crippen LogP contribution in [-0.4, -0.2) is 14.6 Å². The van der Waals surface area contributed by atoms with Gasteiger partial charge in [0.25, 0.3) is 0 Å². The second-order valence-corrected chi connectivity index (χ2v) is 2.84. The van der Waals surface area contributed by atoms with Crippen LogP contribution < -0.4 is 0 Å². The van der Waals surface area contributed by atoms with Crippen molar-refractivity contribution in [3.63, 3.8) is 0 Å². The van der Waals surface area contributed by atoms with Crippen molar-refractivity contribution in [3.05, 3.63) is 42.9 Å². The minimum Gasteiger partial charge on any atom is -0.236 e. The van der Waals surface area contributed by atoms with Crippen LogP contribution in [0.1, 0.15) is 0 Å². The standard InChI is InChI=1S/C10H6N3/c1-2-4-9-8(3-1)10-5-6-12-13(10)7-11-9/h1-4,6-7H. The van der Waals surface area contributed by atoms with Crippen molar-refractivity contribution >= 4 is 16.4 Å². The first kappa shape index (κ1) is 6.60. The van der Waals surface area contributed by atoms with Crippen LogP contribution in [0.15, 0.2) is 36.8 Å². The van der Waals surface area contributed by atoms with Gasteiger partial charge in [-0.15, -0.1) is 0 Å². The summed E-state index contributed by atoms with van der Waals surface area (Å²) in [5.74, 6) is 0. The molecular weight excluding hydrogens is 162 g/mol. The van der Waals surface area contributed by atoms with Gasteiger partial charge in [0.05, 0.1) is 17.2 Å². The third-order valence-electron chi connectivity index (χ3n) is 2.08. The Bertz CT molecular complexity index is 568. The summed E-state index contributed by atoms with van der Waals surface area (Å²) < 4.78 is 1.72. The average molecular weight is 168 g/mol. The number of para-hydroxylation sites is 1. The molecule has 3 rings (SSSR count). The summed E-state index contributed by atoms with van der Waals surface area (Å²) in [5.41, 5.74) is 1.96. The molecule has 0 amide bonds. The Kier molecular flexibility index (Phi) is 1.16. The van der Waals surface area contributed by atoms with Gasteiger partial charge in [-0.3, -0.25) is 0 Å². The summed E-state index contributed by atoms with van der Waals surface area (Å²) >= 11 is 0. The zero-order valence-electron chi connectivity index (χ0n) is 6.81. The maximum atomic E-state index is 4.26. The van der Waals surface area contributed by atoms with Crippen molar-refractivity contribution in [2.24, 2.45) is 0 Å². The molecule has 0 bridgehead atoms. The van der Waals surface area contributed by atoms with Crippen LogP contribution in [0, 0.1) is 6.07 Å². The van der Waals surface area contributed by atoms with E-state index in [9.17, 15) is 0 Å². The first-order valence-electron chi connectivity index (χ1n) is 4.04. The molecule has 1 aromatic carbocycles. The van der Waals surface area contributed by atoms with Crippen LogP contribution in [0.5, 0.6) is 0 Å². The molecule has 13 heavy (non-hydrogen) atoms. The van der Waals surface area contributed by atoms with Crippen LogP contribution in [0.25, 0.3) is 16.4 Å². The molecule has 0 aliphatic rings. The molecular formula is C10H6N3. The molecule has 0 saturated carbocycles. The molecule has 3 heteroatoms. The lowest BCUT2D eigenvalue weighted by molar-refractivity contribution is 0.934. The first-order chi connectivity index (χ1) is 6.45. The summed E-state index contributed by atoms with van der Waals surface area (Å²) in [6, 6.07) is 11.0. The van der Waals surface area contributed by atoms with Crippen molar-refractivity contribution in [1.29, 1.82) is 0 Å². The van der Waals surface area contributed by atoms with Crippen molar-refractivity contribution < 1.29 is 0 Å². The topological polar surface area (TPSA) is 30.2 Å². The smallest absolute Gasteiger partial charge is 0.118 e. The SMILES string of the molecule is [c]1cnn2cnc3ccccc3c12. The Morgan fingerprint density at radius 3 is 3.15 bits per heavy atom. The van der Waals surface area contributed by atoms with E-state index in [2.05, 4.69) is 16.1 Å². The minimum absolute atomic E-state index is 0.977. The molecule has 0 atom stereocenters. The highest BCUT2D eigenvalue weighted by atomic mass is 15.2. The number of benzene rings is 1. The van der Waals surface area contributed by atoms with Gasteiger partial charge in [-0.25, -0.2) is 9.50 Å². The Morgan fingerprint density at radius 2 is 2.15 bits per heavy atom. The molecule has 0 spiro atoms. The second kappa shape index (κ2) is 2.29. The fourth-order valence-corrected chi connectivity index (χ4v) is 1.47. The molecule has 0 saturated heterocycles. The predicted molar refractivity (Wildman–Crippen MR) is 49.3 cm³/mol. The van der Waals surface area contributed by atoms with E-state index in [0.717, 1.165) is 16.4 Å². The molecule has 3 nitrogen and oxygen atoms in total. The average Bonchev–Trinajstić information content (AvgIpc) is 2.65. The van der Waals surface area contributed by atoms with Gasteiger partial charge in [-0.05, 0) is 6.07 Å². The fraction of sp³-hybridized carbons (Fsp3) is 0. The highest BCUT2D eigenvalue weighted by Gasteiger charge is 1.99. The van der Waals surface area contributed by atoms with Crippen molar-refractivity contribution in [3.8, 4) is 0 Å². The van der Waals surface area contributed by atoms with E-state index in [1.807, 2.05) is 24.3 Å². The quantitative estimate of drug-likeness (QED) is 0.511. The molecule has 0 unspecified atom stereocenters. The lowest BCUT2D eigenvalue weighted by Gasteiger charge is -1.97. The van der Waals surface area contributed by atoms with Crippen LogP contribution >= 0.6 is 0 Å². The molecule has 3 aromatic rings. The molecule has 2 heterocycles. The third kappa shape index (κ3) is 0.839. The molecule has 0 fully saturated rings. The maximum absolute atomic E-state index is 4.26. The van der Waals surface area contributed by atoms with Gasteiger partial charge in [0.15, 0.2) is 0 Å². The minimum atomic E-state index is 0.977. The van der Waals surface area contributed by atoms with E-state index in [0.29, 0.717) is 0 Å². The number of hydrogen-bond donors (Lipinski definition) is 0. The monoisotopic (exact) mass is 168 g/mol. The van der Waals surface area contributed by atoms with Gasteiger partial charge in [0.1, 0.15) is 6.33 Å². The Labute approximate surface area is 74.6 Å². The van der Waals surface area contributed by atoms with Gasteiger partial charge in [-0.2, -0.15) is 5.10 Å². The Balaban J connectivity index is 2.65. The Morgan fingerprint density at radius 1 is 1.23 bits per heavy atom. The van der Waals surface area contributed by atoms with Crippen LogP contribution in [0.3, 0.4) is 0 Å². The first-order valence-corrected chi connectivity index (χ1v) is 4.04. The molecule has 0 N–H and O–H groups in total. The van der Waals surface area contributed by atoms with E-state index < -0.39 is 0 Å². The van der Waals surface area contributed by atoms with Crippen LogP contribution in [0.2, 0.25) is 0 Å². The fourth-order valence-electron chi connectivity index (χ4n) is 1.47. The number of rotatable bonds is 0. The zero-order chi connectivity index (χ0) is 8.67. The predicted octanol–water partition coefficient (Wildman–Crippen LogP) is 1.68. The molecule has 0 aliphatic heterocycles. The third-order valence-corrected chi connectivity index (χ3v) is 2.08. The number of nitrogens with zero attached hydrogens (tertiary/aromatic N) is 3. The van der Waals surface area contributed by atoms with E-state index in [4.69, 9.17) is 0 Å². The summed E-state index contributed by atoms with van der Waals surface area (Å²) in [6.07, 6.45) is 3.36. The lowest BCUT2D eigenvalue weighted by atomic mass is 10.2. The summed E-state index contributed by atoms with van der Waals surface area (Å²) in [4.78, 5) is 4.26. The van der Waals surface area contributed by atoms with Gasteiger partial charge in [0, 0.05) is 11.5 Å².